The molecule has 2 atom stereocenters. The largest absolute Gasteiger partial charge is 0.463 e. The molecule has 32 heavy (non-hydrogen) atoms. The monoisotopic (exact) mass is 445 g/mol. The fraction of sp³-hybridized carbons (Fsp3) is 0.400. The molecular formula is C25H32FNO5. The molecule has 0 bridgehead atoms. The zero-order chi connectivity index (χ0) is 24.5. The molecule has 7 heteroatoms. The van der Waals surface area contributed by atoms with E-state index in [2.05, 4.69) is 11.9 Å². The molecule has 0 aliphatic carbocycles. The van der Waals surface area contributed by atoms with E-state index in [0.29, 0.717) is 0 Å². The second-order valence-electron chi connectivity index (χ2n) is 8.15. The molecule has 0 aliphatic heterocycles. The summed E-state index contributed by atoms with van der Waals surface area (Å²) in [4.78, 5) is 38.6. The van der Waals surface area contributed by atoms with Crippen molar-refractivity contribution in [3.63, 3.8) is 0 Å². The first-order valence-corrected chi connectivity index (χ1v) is 10.3. The lowest BCUT2D eigenvalue weighted by atomic mass is 9.83. The number of Topliss-reactive ketones (excluding diaryl/α,β-unsaturated/α-hetero) is 1. The van der Waals surface area contributed by atoms with Crippen molar-refractivity contribution in [2.45, 2.75) is 58.9 Å². The summed E-state index contributed by atoms with van der Waals surface area (Å²) in [7, 11) is 0. The predicted octanol–water partition coefficient (Wildman–Crippen LogP) is 5.11. The van der Waals surface area contributed by atoms with Crippen molar-refractivity contribution in [1.82, 2.24) is 5.32 Å². The van der Waals surface area contributed by atoms with Crippen LogP contribution < -0.4 is 5.32 Å². The Bertz CT molecular complexity index is 899. The number of rotatable bonds is 9. The minimum absolute atomic E-state index is 0.0168. The average Bonchev–Trinajstić information content (AvgIpc) is 2.73. The van der Waals surface area contributed by atoms with Crippen LogP contribution in [0.1, 0.15) is 51.9 Å². The maximum atomic E-state index is 16.6. The van der Waals surface area contributed by atoms with E-state index in [9.17, 15) is 14.4 Å². The molecule has 6 nitrogen and oxygen atoms in total. The smallest absolute Gasteiger partial charge is 0.408 e. The molecule has 0 fully saturated rings. The number of hydrogen-bond donors (Lipinski definition) is 1. The van der Waals surface area contributed by atoms with Crippen LogP contribution >= 0.6 is 0 Å². The Morgan fingerprint density at radius 1 is 1.16 bits per heavy atom. The zero-order valence-corrected chi connectivity index (χ0v) is 19.5. The number of halogens is 1. The average molecular weight is 446 g/mol. The highest BCUT2D eigenvalue weighted by Crippen LogP contribution is 2.29. The first-order chi connectivity index (χ1) is 14.9. The van der Waals surface area contributed by atoms with E-state index in [1.807, 2.05) is 19.9 Å². The van der Waals surface area contributed by atoms with Crippen LogP contribution in [-0.4, -0.2) is 41.8 Å². The van der Waals surface area contributed by atoms with Gasteiger partial charge in [0.15, 0.2) is 0 Å². The SMILES string of the molecule is C=C(/C=C\C(C)=C/C)[C@H](NC(=O)OC(C)(C)C)[C@@](F)(C(=O)OCC)C(=O)c1ccccc1. The molecule has 0 spiro atoms. The Balaban J connectivity index is 3.58. The van der Waals surface area contributed by atoms with Gasteiger partial charge in [-0.3, -0.25) is 4.79 Å². The van der Waals surface area contributed by atoms with Gasteiger partial charge >= 0.3 is 12.1 Å². The third kappa shape index (κ3) is 7.18. The van der Waals surface area contributed by atoms with E-state index >= 15 is 4.39 Å². The number of carbonyl (C=O) groups excluding carboxylic acids is 3. The first kappa shape index (κ1) is 26.8. The van der Waals surface area contributed by atoms with E-state index in [0.717, 1.165) is 5.57 Å². The van der Waals surface area contributed by atoms with Gasteiger partial charge in [0.05, 0.1) is 6.61 Å². The molecule has 174 valence electrons. The fourth-order valence-electron chi connectivity index (χ4n) is 2.68. The van der Waals surface area contributed by atoms with Crippen molar-refractivity contribution in [3.8, 4) is 0 Å². The van der Waals surface area contributed by atoms with Crippen LogP contribution in [0.3, 0.4) is 0 Å². The summed E-state index contributed by atoms with van der Waals surface area (Å²) in [6.07, 6.45) is 3.86. The second kappa shape index (κ2) is 11.4. The molecule has 1 N–H and O–H groups in total. The fourth-order valence-corrected chi connectivity index (χ4v) is 2.68. The molecule has 0 unspecified atom stereocenters. The Hall–Kier alpha value is -3.22. The molecule has 0 aliphatic rings. The molecule has 0 aromatic heterocycles. The van der Waals surface area contributed by atoms with Crippen LogP contribution in [0.2, 0.25) is 0 Å². The van der Waals surface area contributed by atoms with Gasteiger partial charge in [-0.2, -0.15) is 0 Å². The molecule has 0 heterocycles. The summed E-state index contributed by atoms with van der Waals surface area (Å²) in [5.74, 6) is -2.58. The topological polar surface area (TPSA) is 81.7 Å². The van der Waals surface area contributed by atoms with Crippen LogP contribution in [0, 0.1) is 0 Å². The van der Waals surface area contributed by atoms with E-state index in [-0.39, 0.29) is 17.7 Å². The molecule has 1 aromatic carbocycles. The number of alkyl halides is 1. The number of nitrogens with one attached hydrogen (secondary N) is 1. The van der Waals surface area contributed by atoms with Crippen molar-refractivity contribution >= 4 is 17.8 Å². The summed E-state index contributed by atoms with van der Waals surface area (Å²) in [6, 6.07) is 5.72. The standard InChI is InChI=1S/C25H32FNO5/c1-8-17(3)15-16-18(4)20(27-23(30)32-24(5,6)7)25(26,22(29)31-9-2)21(28)19-13-11-10-12-14-19/h8,10-16,20H,4,9H2,1-3,5-7H3,(H,27,30)/b16-15-,17-8-/t20-,25-/m0/s1. The highest BCUT2D eigenvalue weighted by atomic mass is 19.1. The highest BCUT2D eigenvalue weighted by molar-refractivity contribution is 6.16. The summed E-state index contributed by atoms with van der Waals surface area (Å²) in [5, 5.41) is 2.32. The highest BCUT2D eigenvalue weighted by Gasteiger charge is 2.56. The molecular weight excluding hydrogens is 413 g/mol. The Morgan fingerprint density at radius 3 is 2.25 bits per heavy atom. The quantitative estimate of drug-likeness (QED) is 0.247. The van der Waals surface area contributed by atoms with Crippen molar-refractivity contribution in [2.75, 3.05) is 6.61 Å². The third-order valence-corrected chi connectivity index (χ3v) is 4.38. The van der Waals surface area contributed by atoms with Crippen molar-refractivity contribution in [3.05, 3.63) is 71.8 Å². The van der Waals surface area contributed by atoms with Crippen molar-refractivity contribution in [1.29, 1.82) is 0 Å². The van der Waals surface area contributed by atoms with Gasteiger partial charge in [-0.25, -0.2) is 14.0 Å². The van der Waals surface area contributed by atoms with Gasteiger partial charge in [0.2, 0.25) is 5.78 Å². The number of ether oxygens (including phenoxy) is 2. The van der Waals surface area contributed by atoms with Gasteiger partial charge in [-0.15, -0.1) is 0 Å². The lowest BCUT2D eigenvalue weighted by molar-refractivity contribution is -0.154. The third-order valence-electron chi connectivity index (χ3n) is 4.38. The number of amides is 1. The van der Waals surface area contributed by atoms with Crippen LogP contribution in [0.25, 0.3) is 0 Å². The zero-order valence-electron chi connectivity index (χ0n) is 19.5. The van der Waals surface area contributed by atoms with Gasteiger partial charge in [-0.05, 0) is 47.1 Å². The van der Waals surface area contributed by atoms with Crippen LogP contribution in [0.15, 0.2) is 66.3 Å². The van der Waals surface area contributed by atoms with Gasteiger partial charge in [0, 0.05) is 5.56 Å². The number of carbonyl (C=O) groups is 3. The number of hydrogen-bond acceptors (Lipinski definition) is 5. The van der Waals surface area contributed by atoms with Gasteiger partial charge in [0.1, 0.15) is 11.6 Å². The molecule has 1 amide bonds. The maximum absolute atomic E-state index is 16.6. The van der Waals surface area contributed by atoms with E-state index < -0.39 is 35.2 Å². The second-order valence-corrected chi connectivity index (χ2v) is 8.15. The molecule has 0 saturated heterocycles. The first-order valence-electron chi connectivity index (χ1n) is 10.3. The lowest BCUT2D eigenvalue weighted by Gasteiger charge is -2.32. The normalized spacial score (nSPS) is 14.9. The van der Waals surface area contributed by atoms with Gasteiger partial charge in [0.25, 0.3) is 5.67 Å². The molecule has 1 rings (SSSR count). The minimum atomic E-state index is -3.28. The Labute approximate surface area is 189 Å². The number of ketones is 1. The summed E-state index contributed by atoms with van der Waals surface area (Å²) in [6.45, 7) is 13.7. The maximum Gasteiger partial charge on any atom is 0.408 e. The van der Waals surface area contributed by atoms with Crippen LogP contribution in [-0.2, 0) is 14.3 Å². The molecule has 1 aromatic rings. The number of alkyl carbamates (subject to hydrolysis) is 1. The summed E-state index contributed by atoms with van der Waals surface area (Å²) in [5.41, 5.74) is -3.41. The molecule has 0 radical (unpaired) electrons. The lowest BCUT2D eigenvalue weighted by Crippen LogP contribution is -2.60. The minimum Gasteiger partial charge on any atom is -0.463 e. The van der Waals surface area contributed by atoms with Crippen molar-refractivity contribution < 1.29 is 28.2 Å². The van der Waals surface area contributed by atoms with Gasteiger partial charge in [-0.1, -0.05) is 60.7 Å². The summed E-state index contributed by atoms with van der Waals surface area (Å²) >= 11 is 0. The van der Waals surface area contributed by atoms with E-state index in [1.54, 1.807) is 45.0 Å². The number of allylic oxidation sites excluding steroid dienone is 3. The van der Waals surface area contributed by atoms with E-state index in [1.165, 1.54) is 25.1 Å². The number of esters is 1. The van der Waals surface area contributed by atoms with Gasteiger partial charge < -0.3 is 14.8 Å². The van der Waals surface area contributed by atoms with Crippen LogP contribution in [0.5, 0.6) is 0 Å². The predicted molar refractivity (Wildman–Crippen MR) is 122 cm³/mol. The Morgan fingerprint density at radius 2 is 1.75 bits per heavy atom. The van der Waals surface area contributed by atoms with Crippen molar-refractivity contribution in [2.24, 2.45) is 0 Å². The summed E-state index contributed by atoms with van der Waals surface area (Å²) < 4.78 is 26.7. The van der Waals surface area contributed by atoms with E-state index in [4.69, 9.17) is 9.47 Å². The number of benzene rings is 1. The Kier molecular flexibility index (Phi) is 9.56. The van der Waals surface area contributed by atoms with Crippen LogP contribution in [0.4, 0.5) is 9.18 Å². The molecule has 0 saturated carbocycles.